The lowest BCUT2D eigenvalue weighted by Gasteiger charge is -2.32. The largest absolute Gasteiger partial charge is 0.469 e. The SMILES string of the molecule is COC(=O)CC1CN(c2nc(Br)cs2)CCO1. The van der Waals surface area contributed by atoms with E-state index in [-0.39, 0.29) is 12.1 Å². The lowest BCUT2D eigenvalue weighted by atomic mass is 10.2. The molecule has 1 aromatic rings. The molecule has 2 rings (SSSR count). The van der Waals surface area contributed by atoms with Crippen LogP contribution in [0.3, 0.4) is 0 Å². The second kappa shape index (κ2) is 5.79. The number of ether oxygens (including phenoxy) is 2. The minimum atomic E-state index is -0.239. The summed E-state index contributed by atoms with van der Waals surface area (Å²) in [6, 6.07) is 0. The Morgan fingerprint density at radius 2 is 2.65 bits per heavy atom. The molecule has 0 saturated carbocycles. The Kier molecular flexibility index (Phi) is 4.36. The van der Waals surface area contributed by atoms with Crippen LogP contribution in [0.15, 0.2) is 9.98 Å². The first-order chi connectivity index (χ1) is 8.19. The average Bonchev–Trinajstić information content (AvgIpc) is 2.76. The molecule has 1 atom stereocenters. The molecule has 2 heterocycles. The van der Waals surface area contributed by atoms with Gasteiger partial charge in [0.05, 0.1) is 26.2 Å². The van der Waals surface area contributed by atoms with Crippen LogP contribution in [0.1, 0.15) is 6.42 Å². The normalized spacial score (nSPS) is 20.4. The van der Waals surface area contributed by atoms with Crippen molar-refractivity contribution in [3.05, 3.63) is 9.98 Å². The van der Waals surface area contributed by atoms with E-state index in [4.69, 9.17) is 4.74 Å². The third-order valence-electron chi connectivity index (χ3n) is 2.50. The Bertz CT molecular complexity index is 399. The topological polar surface area (TPSA) is 51.7 Å². The van der Waals surface area contributed by atoms with Crippen molar-refractivity contribution in [2.45, 2.75) is 12.5 Å². The molecule has 17 heavy (non-hydrogen) atoms. The fourth-order valence-electron chi connectivity index (χ4n) is 1.68. The van der Waals surface area contributed by atoms with Crippen molar-refractivity contribution in [1.82, 2.24) is 4.98 Å². The van der Waals surface area contributed by atoms with Gasteiger partial charge in [-0.05, 0) is 15.9 Å². The quantitative estimate of drug-likeness (QED) is 0.793. The van der Waals surface area contributed by atoms with Gasteiger partial charge in [-0.2, -0.15) is 0 Å². The lowest BCUT2D eigenvalue weighted by Crippen LogP contribution is -2.43. The Hall–Kier alpha value is -0.660. The van der Waals surface area contributed by atoms with Crippen molar-refractivity contribution in [3.63, 3.8) is 0 Å². The summed E-state index contributed by atoms with van der Waals surface area (Å²) in [5.41, 5.74) is 0. The van der Waals surface area contributed by atoms with Crippen molar-refractivity contribution >= 4 is 38.4 Å². The maximum absolute atomic E-state index is 11.2. The molecule has 94 valence electrons. The molecule has 1 fully saturated rings. The molecule has 5 nitrogen and oxygen atoms in total. The van der Waals surface area contributed by atoms with E-state index < -0.39 is 0 Å². The zero-order chi connectivity index (χ0) is 12.3. The average molecular weight is 321 g/mol. The van der Waals surface area contributed by atoms with Gasteiger partial charge in [-0.1, -0.05) is 0 Å². The van der Waals surface area contributed by atoms with E-state index in [9.17, 15) is 4.79 Å². The van der Waals surface area contributed by atoms with E-state index in [0.717, 1.165) is 16.3 Å². The summed E-state index contributed by atoms with van der Waals surface area (Å²) in [5, 5.41) is 2.90. The molecular weight excluding hydrogens is 308 g/mol. The van der Waals surface area contributed by atoms with Crippen molar-refractivity contribution in [1.29, 1.82) is 0 Å². The van der Waals surface area contributed by atoms with Crippen molar-refractivity contribution < 1.29 is 14.3 Å². The monoisotopic (exact) mass is 320 g/mol. The molecule has 1 aliphatic rings. The number of anilines is 1. The highest BCUT2D eigenvalue weighted by atomic mass is 79.9. The minimum absolute atomic E-state index is 0.112. The number of rotatable bonds is 3. The van der Waals surface area contributed by atoms with Gasteiger partial charge in [0.25, 0.3) is 0 Å². The van der Waals surface area contributed by atoms with Crippen LogP contribution in [-0.4, -0.2) is 43.9 Å². The molecule has 0 bridgehead atoms. The van der Waals surface area contributed by atoms with Crippen LogP contribution in [0, 0.1) is 0 Å². The summed E-state index contributed by atoms with van der Waals surface area (Å²) in [5.74, 6) is -0.239. The number of hydrogen-bond acceptors (Lipinski definition) is 6. The molecule has 1 aliphatic heterocycles. The van der Waals surface area contributed by atoms with Gasteiger partial charge in [-0.25, -0.2) is 4.98 Å². The van der Waals surface area contributed by atoms with E-state index in [1.807, 2.05) is 5.38 Å². The zero-order valence-electron chi connectivity index (χ0n) is 9.39. The Morgan fingerprint density at radius 1 is 1.82 bits per heavy atom. The molecule has 0 radical (unpaired) electrons. The highest BCUT2D eigenvalue weighted by molar-refractivity contribution is 9.10. The number of carbonyl (C=O) groups excluding carboxylic acids is 1. The first-order valence-electron chi connectivity index (χ1n) is 5.23. The van der Waals surface area contributed by atoms with Crippen LogP contribution >= 0.6 is 27.3 Å². The predicted octanol–water partition coefficient (Wildman–Crippen LogP) is 1.67. The van der Waals surface area contributed by atoms with Gasteiger partial charge in [0.15, 0.2) is 5.13 Å². The smallest absolute Gasteiger partial charge is 0.308 e. The van der Waals surface area contributed by atoms with Gasteiger partial charge in [0.1, 0.15) is 4.60 Å². The fraction of sp³-hybridized carbons (Fsp3) is 0.600. The van der Waals surface area contributed by atoms with E-state index >= 15 is 0 Å². The molecule has 7 heteroatoms. The molecule has 0 aliphatic carbocycles. The summed E-state index contributed by atoms with van der Waals surface area (Å²) in [4.78, 5) is 17.7. The second-order valence-corrected chi connectivity index (χ2v) is 5.32. The number of methoxy groups -OCH3 is 1. The van der Waals surface area contributed by atoms with E-state index in [1.165, 1.54) is 7.11 Å². The molecule has 0 N–H and O–H groups in total. The van der Waals surface area contributed by atoms with Gasteiger partial charge in [0, 0.05) is 18.5 Å². The van der Waals surface area contributed by atoms with E-state index in [0.29, 0.717) is 19.6 Å². The number of hydrogen-bond donors (Lipinski definition) is 0. The van der Waals surface area contributed by atoms with Crippen molar-refractivity contribution in [2.75, 3.05) is 31.7 Å². The molecule has 0 spiro atoms. The number of carbonyl (C=O) groups is 1. The highest BCUT2D eigenvalue weighted by Crippen LogP contribution is 2.25. The lowest BCUT2D eigenvalue weighted by molar-refractivity contribution is -0.144. The minimum Gasteiger partial charge on any atom is -0.469 e. The standard InChI is InChI=1S/C10H13BrN2O3S/c1-15-9(14)4-7-5-13(2-3-16-7)10-12-8(11)6-17-10/h6-7H,2-5H2,1H3. The summed E-state index contributed by atoms with van der Waals surface area (Å²) in [7, 11) is 1.39. The molecule has 0 aromatic carbocycles. The van der Waals surface area contributed by atoms with Gasteiger partial charge < -0.3 is 14.4 Å². The molecule has 1 aromatic heterocycles. The first kappa shape index (κ1) is 12.8. The number of nitrogens with zero attached hydrogens (tertiary/aromatic N) is 2. The number of aromatic nitrogens is 1. The number of thiazole rings is 1. The summed E-state index contributed by atoms with van der Waals surface area (Å²) >= 11 is 4.91. The van der Waals surface area contributed by atoms with E-state index in [2.05, 4.69) is 30.6 Å². The van der Waals surface area contributed by atoms with Crippen LogP contribution in [0.5, 0.6) is 0 Å². The summed E-state index contributed by atoms with van der Waals surface area (Å²) in [6.45, 7) is 2.09. The van der Waals surface area contributed by atoms with Crippen molar-refractivity contribution in [2.24, 2.45) is 0 Å². The highest BCUT2D eigenvalue weighted by Gasteiger charge is 2.24. The van der Waals surface area contributed by atoms with Gasteiger partial charge in [-0.3, -0.25) is 4.79 Å². The van der Waals surface area contributed by atoms with Crippen molar-refractivity contribution in [3.8, 4) is 0 Å². The third-order valence-corrected chi connectivity index (χ3v) is 4.11. The number of morpholine rings is 1. The first-order valence-corrected chi connectivity index (χ1v) is 6.90. The third kappa shape index (κ3) is 3.40. The number of esters is 1. The molecule has 1 saturated heterocycles. The summed E-state index contributed by atoms with van der Waals surface area (Å²) in [6.07, 6.45) is 0.179. The number of halogens is 1. The van der Waals surface area contributed by atoms with Crippen LogP contribution in [0.25, 0.3) is 0 Å². The predicted molar refractivity (Wildman–Crippen MR) is 68.4 cm³/mol. The Morgan fingerprint density at radius 3 is 3.29 bits per heavy atom. The second-order valence-electron chi connectivity index (χ2n) is 3.67. The Labute approximate surface area is 112 Å². The summed E-state index contributed by atoms with van der Waals surface area (Å²) < 4.78 is 11.0. The maximum Gasteiger partial charge on any atom is 0.308 e. The van der Waals surface area contributed by atoms with Crippen LogP contribution in [0.2, 0.25) is 0 Å². The molecule has 1 unspecified atom stereocenters. The van der Waals surface area contributed by atoms with E-state index in [1.54, 1.807) is 11.3 Å². The maximum atomic E-state index is 11.2. The fourth-order valence-corrected chi connectivity index (χ4v) is 2.96. The molecule has 0 amide bonds. The van der Waals surface area contributed by atoms with Gasteiger partial charge in [0.2, 0.25) is 0 Å². The van der Waals surface area contributed by atoms with Crippen LogP contribution < -0.4 is 4.90 Å². The van der Waals surface area contributed by atoms with Gasteiger partial charge >= 0.3 is 5.97 Å². The van der Waals surface area contributed by atoms with Crippen LogP contribution in [-0.2, 0) is 14.3 Å². The van der Waals surface area contributed by atoms with Gasteiger partial charge in [-0.15, -0.1) is 11.3 Å². The molecular formula is C10H13BrN2O3S. The Balaban J connectivity index is 1.95. The van der Waals surface area contributed by atoms with Crippen LogP contribution in [0.4, 0.5) is 5.13 Å². The zero-order valence-corrected chi connectivity index (χ0v) is 11.8.